The van der Waals surface area contributed by atoms with Crippen molar-refractivity contribution in [3.8, 4) is 0 Å². The maximum atomic E-state index is 12.2. The first-order valence-electron chi connectivity index (χ1n) is 8.78. The average molecular weight is 419 g/mol. The SMILES string of the molecule is Cc1ccc(NC(=O)CSc2nc(N)c3c4c(sc3n2)CCCC4)cc1Cl. The summed E-state index contributed by atoms with van der Waals surface area (Å²) >= 11 is 9.09. The molecule has 2 aromatic heterocycles. The second kappa shape index (κ2) is 7.66. The number of hydrogen-bond acceptors (Lipinski definition) is 6. The van der Waals surface area contributed by atoms with Crippen LogP contribution >= 0.6 is 34.7 Å². The zero-order valence-corrected chi connectivity index (χ0v) is 17.2. The molecule has 8 heteroatoms. The smallest absolute Gasteiger partial charge is 0.234 e. The van der Waals surface area contributed by atoms with Crippen LogP contribution in [0.25, 0.3) is 10.2 Å². The van der Waals surface area contributed by atoms with Crippen LogP contribution < -0.4 is 11.1 Å². The largest absolute Gasteiger partial charge is 0.383 e. The van der Waals surface area contributed by atoms with E-state index in [1.807, 2.05) is 19.1 Å². The number of anilines is 2. The van der Waals surface area contributed by atoms with E-state index >= 15 is 0 Å². The lowest BCUT2D eigenvalue weighted by atomic mass is 9.97. The van der Waals surface area contributed by atoms with E-state index in [0.717, 1.165) is 28.6 Å². The summed E-state index contributed by atoms with van der Waals surface area (Å²) in [5.74, 6) is 0.599. The van der Waals surface area contributed by atoms with Crippen molar-refractivity contribution in [2.24, 2.45) is 0 Å². The Morgan fingerprint density at radius 1 is 1.33 bits per heavy atom. The molecule has 0 unspecified atom stereocenters. The first-order chi connectivity index (χ1) is 13.0. The third-order valence-corrected chi connectivity index (χ3v) is 7.05. The lowest BCUT2D eigenvalue weighted by Crippen LogP contribution is -2.14. The van der Waals surface area contributed by atoms with Gasteiger partial charge in [0.15, 0.2) is 5.16 Å². The van der Waals surface area contributed by atoms with Gasteiger partial charge in [0.05, 0.1) is 11.1 Å². The molecule has 4 rings (SSSR count). The van der Waals surface area contributed by atoms with Crippen LogP contribution in [0.4, 0.5) is 11.5 Å². The first-order valence-corrected chi connectivity index (χ1v) is 11.0. The molecule has 0 bridgehead atoms. The number of nitrogens with one attached hydrogen (secondary N) is 1. The predicted octanol–water partition coefficient (Wildman–Crippen LogP) is 4.84. The average Bonchev–Trinajstić information content (AvgIpc) is 3.02. The zero-order chi connectivity index (χ0) is 19.0. The molecule has 0 saturated carbocycles. The number of aromatic nitrogens is 2. The number of amides is 1. The van der Waals surface area contributed by atoms with Crippen LogP contribution in [0.3, 0.4) is 0 Å². The molecule has 1 aromatic carbocycles. The topological polar surface area (TPSA) is 80.9 Å². The van der Waals surface area contributed by atoms with Crippen LogP contribution in [0.2, 0.25) is 5.02 Å². The van der Waals surface area contributed by atoms with Crippen molar-refractivity contribution in [2.45, 2.75) is 37.8 Å². The first kappa shape index (κ1) is 18.5. The quantitative estimate of drug-likeness (QED) is 0.467. The van der Waals surface area contributed by atoms with Crippen molar-refractivity contribution < 1.29 is 4.79 Å². The number of benzene rings is 1. The molecular weight excluding hydrogens is 400 g/mol. The van der Waals surface area contributed by atoms with Gasteiger partial charge in [-0.2, -0.15) is 0 Å². The van der Waals surface area contributed by atoms with Crippen molar-refractivity contribution in [2.75, 3.05) is 16.8 Å². The highest BCUT2D eigenvalue weighted by molar-refractivity contribution is 7.99. The molecule has 0 saturated heterocycles. The Bertz CT molecular complexity index is 1030. The fourth-order valence-electron chi connectivity index (χ4n) is 3.23. The molecule has 2 heterocycles. The third-order valence-electron chi connectivity index (χ3n) is 4.61. The summed E-state index contributed by atoms with van der Waals surface area (Å²) in [6.07, 6.45) is 4.56. The molecule has 3 aromatic rings. The minimum absolute atomic E-state index is 0.132. The van der Waals surface area contributed by atoms with Gasteiger partial charge in [-0.3, -0.25) is 4.79 Å². The monoisotopic (exact) mass is 418 g/mol. The number of aryl methyl sites for hydroxylation is 3. The summed E-state index contributed by atoms with van der Waals surface area (Å²) in [6, 6.07) is 5.46. The number of thiophene rings is 1. The highest BCUT2D eigenvalue weighted by Gasteiger charge is 2.20. The number of nitrogens with two attached hydrogens (primary N) is 1. The second-order valence-electron chi connectivity index (χ2n) is 6.58. The van der Waals surface area contributed by atoms with Crippen LogP contribution in [0, 0.1) is 6.92 Å². The maximum absolute atomic E-state index is 12.2. The lowest BCUT2D eigenvalue weighted by Gasteiger charge is -2.10. The Morgan fingerprint density at radius 2 is 2.15 bits per heavy atom. The van der Waals surface area contributed by atoms with Crippen LogP contribution in [-0.4, -0.2) is 21.6 Å². The van der Waals surface area contributed by atoms with E-state index in [9.17, 15) is 4.79 Å². The van der Waals surface area contributed by atoms with Gasteiger partial charge in [-0.15, -0.1) is 11.3 Å². The number of nitrogen functional groups attached to an aromatic ring is 1. The summed E-state index contributed by atoms with van der Waals surface area (Å²) < 4.78 is 0. The summed E-state index contributed by atoms with van der Waals surface area (Å²) in [7, 11) is 0. The number of hydrogen-bond donors (Lipinski definition) is 2. The number of carbonyl (C=O) groups is 1. The van der Waals surface area contributed by atoms with Crippen molar-refractivity contribution in [3.63, 3.8) is 0 Å². The normalized spacial score (nSPS) is 13.6. The molecule has 5 nitrogen and oxygen atoms in total. The van der Waals surface area contributed by atoms with E-state index in [2.05, 4.69) is 15.3 Å². The van der Waals surface area contributed by atoms with Gasteiger partial charge < -0.3 is 11.1 Å². The molecule has 140 valence electrons. The fourth-order valence-corrected chi connectivity index (χ4v) is 5.39. The van der Waals surface area contributed by atoms with Gasteiger partial charge in [0.1, 0.15) is 10.6 Å². The van der Waals surface area contributed by atoms with Crippen LogP contribution in [0.15, 0.2) is 23.4 Å². The number of halogens is 1. The Morgan fingerprint density at radius 3 is 2.96 bits per heavy atom. The standard InChI is InChI=1S/C19H19ClN4OS2/c1-10-6-7-11(8-13(10)20)22-15(25)9-26-19-23-17(21)16-12-4-2-3-5-14(12)27-18(16)24-19/h6-8H,2-5,9H2,1H3,(H,22,25)(H2,21,23,24). The Balaban J connectivity index is 1.47. The molecule has 27 heavy (non-hydrogen) atoms. The van der Waals surface area contributed by atoms with E-state index in [-0.39, 0.29) is 11.7 Å². The van der Waals surface area contributed by atoms with E-state index in [4.69, 9.17) is 17.3 Å². The van der Waals surface area contributed by atoms with E-state index in [1.165, 1.54) is 35.0 Å². The fraction of sp³-hybridized carbons (Fsp3) is 0.316. The molecule has 3 N–H and O–H groups in total. The molecule has 0 spiro atoms. The van der Waals surface area contributed by atoms with Gasteiger partial charge in [0, 0.05) is 15.6 Å². The van der Waals surface area contributed by atoms with Crippen LogP contribution in [0.1, 0.15) is 28.8 Å². The molecule has 0 fully saturated rings. The third kappa shape index (κ3) is 3.90. The number of rotatable bonds is 4. The summed E-state index contributed by atoms with van der Waals surface area (Å²) in [4.78, 5) is 23.6. The number of nitrogens with zero attached hydrogens (tertiary/aromatic N) is 2. The van der Waals surface area contributed by atoms with Gasteiger partial charge in [0.25, 0.3) is 0 Å². The summed E-state index contributed by atoms with van der Waals surface area (Å²) in [5.41, 5.74) is 9.19. The molecular formula is C19H19ClN4OS2. The summed E-state index contributed by atoms with van der Waals surface area (Å²) in [6.45, 7) is 1.92. The number of thioether (sulfide) groups is 1. The van der Waals surface area contributed by atoms with Crippen molar-refractivity contribution in [1.29, 1.82) is 0 Å². The minimum Gasteiger partial charge on any atom is -0.383 e. The van der Waals surface area contributed by atoms with Crippen molar-refractivity contribution >= 4 is 62.3 Å². The van der Waals surface area contributed by atoms with Crippen molar-refractivity contribution in [3.05, 3.63) is 39.2 Å². The van der Waals surface area contributed by atoms with Crippen molar-refractivity contribution in [1.82, 2.24) is 9.97 Å². The molecule has 1 aliphatic carbocycles. The molecule has 0 radical (unpaired) electrons. The highest BCUT2D eigenvalue weighted by atomic mass is 35.5. The van der Waals surface area contributed by atoms with E-state index in [0.29, 0.717) is 21.7 Å². The number of fused-ring (bicyclic) bond motifs is 3. The molecule has 0 aliphatic heterocycles. The lowest BCUT2D eigenvalue weighted by molar-refractivity contribution is -0.113. The van der Waals surface area contributed by atoms with Crippen LogP contribution in [0.5, 0.6) is 0 Å². The Hall–Kier alpha value is -1.83. The Kier molecular flexibility index (Phi) is 5.25. The molecule has 1 amide bonds. The maximum Gasteiger partial charge on any atom is 0.234 e. The van der Waals surface area contributed by atoms with Gasteiger partial charge in [-0.1, -0.05) is 29.4 Å². The van der Waals surface area contributed by atoms with Gasteiger partial charge >= 0.3 is 0 Å². The van der Waals surface area contributed by atoms with E-state index < -0.39 is 0 Å². The predicted molar refractivity (Wildman–Crippen MR) is 114 cm³/mol. The molecule has 1 aliphatic rings. The second-order valence-corrected chi connectivity index (χ2v) is 9.02. The Labute approximate surface area is 170 Å². The van der Waals surface area contributed by atoms with E-state index in [1.54, 1.807) is 17.4 Å². The summed E-state index contributed by atoms with van der Waals surface area (Å²) in [5, 5.41) is 5.02. The minimum atomic E-state index is -0.132. The van der Waals surface area contributed by atoms with Crippen LogP contribution in [-0.2, 0) is 17.6 Å². The van der Waals surface area contributed by atoms with Gasteiger partial charge in [-0.05, 0) is 55.9 Å². The van der Waals surface area contributed by atoms with Gasteiger partial charge in [-0.25, -0.2) is 9.97 Å². The number of carbonyl (C=O) groups excluding carboxylic acids is 1. The molecule has 0 atom stereocenters. The highest BCUT2D eigenvalue weighted by Crippen LogP contribution is 2.38. The zero-order valence-electron chi connectivity index (χ0n) is 14.8. The van der Waals surface area contributed by atoms with Gasteiger partial charge in [0.2, 0.25) is 5.91 Å².